The number of rotatable bonds is 10. The van der Waals surface area contributed by atoms with Crippen molar-refractivity contribution in [2.45, 2.75) is 40.7 Å². The smallest absolute Gasteiger partial charge is 0.344 e. The number of amides is 1. The fourth-order valence-corrected chi connectivity index (χ4v) is 3.41. The summed E-state index contributed by atoms with van der Waals surface area (Å²) in [7, 11) is 0. The number of ether oxygens (including phenoxy) is 4. The Morgan fingerprint density at radius 1 is 1.00 bits per heavy atom. The first-order valence-electron chi connectivity index (χ1n) is 11.7. The van der Waals surface area contributed by atoms with Crippen molar-refractivity contribution in [3.8, 4) is 11.5 Å². The van der Waals surface area contributed by atoms with Crippen molar-refractivity contribution in [2.24, 2.45) is 5.10 Å². The van der Waals surface area contributed by atoms with Crippen LogP contribution in [-0.2, 0) is 19.1 Å². The van der Waals surface area contributed by atoms with Gasteiger partial charge in [-0.05, 0) is 82.7 Å². The van der Waals surface area contributed by atoms with Crippen molar-refractivity contribution < 1.29 is 33.3 Å². The van der Waals surface area contributed by atoms with Crippen molar-refractivity contribution in [2.75, 3.05) is 24.8 Å². The Kier molecular flexibility index (Phi) is 8.83. The minimum Gasteiger partial charge on any atom is -0.490 e. The average molecular weight is 495 g/mol. The predicted octanol–water partition coefficient (Wildman–Crippen LogP) is 4.40. The summed E-state index contributed by atoms with van der Waals surface area (Å²) >= 11 is 0. The molecule has 1 aliphatic rings. The van der Waals surface area contributed by atoms with Gasteiger partial charge in [-0.1, -0.05) is 6.07 Å². The molecule has 9 nitrogen and oxygen atoms in total. The number of anilines is 1. The summed E-state index contributed by atoms with van der Waals surface area (Å²) in [5.41, 5.74) is 2.59. The van der Waals surface area contributed by atoms with Crippen LogP contribution in [-0.4, -0.2) is 49.5 Å². The summed E-state index contributed by atoms with van der Waals surface area (Å²) in [4.78, 5) is 36.8. The number of carbonyl (C=O) groups is 3. The molecular formula is C27H30N2O7. The van der Waals surface area contributed by atoms with E-state index in [0.717, 1.165) is 0 Å². The molecule has 0 atom stereocenters. The Labute approximate surface area is 210 Å². The quantitative estimate of drug-likeness (QED) is 0.356. The zero-order chi connectivity index (χ0) is 26.2. The van der Waals surface area contributed by atoms with Gasteiger partial charge in [0, 0.05) is 0 Å². The van der Waals surface area contributed by atoms with Crippen LogP contribution in [0.3, 0.4) is 0 Å². The second kappa shape index (κ2) is 12.0. The first kappa shape index (κ1) is 26.5. The molecule has 0 aromatic heterocycles. The molecule has 0 radical (unpaired) electrons. The van der Waals surface area contributed by atoms with Crippen LogP contribution >= 0.6 is 0 Å². The summed E-state index contributed by atoms with van der Waals surface area (Å²) < 4.78 is 21.3. The lowest BCUT2D eigenvalue weighted by Crippen LogP contribution is -2.21. The lowest BCUT2D eigenvalue weighted by atomic mass is 10.1. The number of hydrogen-bond donors (Lipinski definition) is 0. The molecule has 0 bridgehead atoms. The molecule has 0 N–H and O–H groups in total. The summed E-state index contributed by atoms with van der Waals surface area (Å²) in [6, 6.07) is 11.7. The zero-order valence-electron chi connectivity index (χ0n) is 21.1. The van der Waals surface area contributed by atoms with Gasteiger partial charge in [-0.2, -0.15) is 10.1 Å². The van der Waals surface area contributed by atoms with E-state index in [4.69, 9.17) is 18.9 Å². The van der Waals surface area contributed by atoms with E-state index in [1.54, 1.807) is 76.2 Å². The Morgan fingerprint density at radius 3 is 2.36 bits per heavy atom. The molecule has 0 saturated carbocycles. The highest BCUT2D eigenvalue weighted by Crippen LogP contribution is 2.31. The number of hydrogen-bond acceptors (Lipinski definition) is 8. The maximum absolute atomic E-state index is 13.1. The number of nitrogens with zero attached hydrogens (tertiary/aromatic N) is 2. The number of carbonyl (C=O) groups excluding carboxylic acids is 3. The third-order valence-electron chi connectivity index (χ3n) is 4.98. The molecule has 0 spiro atoms. The zero-order valence-corrected chi connectivity index (χ0v) is 21.1. The molecule has 0 saturated heterocycles. The van der Waals surface area contributed by atoms with Crippen LogP contribution in [0.25, 0.3) is 6.08 Å². The van der Waals surface area contributed by atoms with Gasteiger partial charge in [-0.15, -0.1) is 0 Å². The molecule has 0 fully saturated rings. The maximum atomic E-state index is 13.1. The van der Waals surface area contributed by atoms with Crippen molar-refractivity contribution >= 4 is 35.3 Å². The van der Waals surface area contributed by atoms with Gasteiger partial charge in [0.15, 0.2) is 18.1 Å². The number of benzene rings is 2. The average Bonchev–Trinajstić information content (AvgIpc) is 3.12. The van der Waals surface area contributed by atoms with Gasteiger partial charge < -0.3 is 18.9 Å². The third kappa shape index (κ3) is 6.50. The Morgan fingerprint density at radius 2 is 1.72 bits per heavy atom. The molecule has 2 aromatic rings. The van der Waals surface area contributed by atoms with Gasteiger partial charge >= 0.3 is 11.9 Å². The lowest BCUT2D eigenvalue weighted by molar-refractivity contribution is -0.149. The minimum absolute atomic E-state index is 0.231. The van der Waals surface area contributed by atoms with Gasteiger partial charge in [0.25, 0.3) is 5.91 Å². The van der Waals surface area contributed by atoms with Crippen LogP contribution in [0.2, 0.25) is 0 Å². The van der Waals surface area contributed by atoms with E-state index in [2.05, 4.69) is 5.10 Å². The summed E-state index contributed by atoms with van der Waals surface area (Å²) in [5, 5.41) is 5.67. The van der Waals surface area contributed by atoms with E-state index in [9.17, 15) is 14.4 Å². The Bertz CT molecular complexity index is 1180. The minimum atomic E-state index is -0.475. The van der Waals surface area contributed by atoms with E-state index < -0.39 is 11.9 Å². The Hall–Kier alpha value is -4.14. The molecule has 36 heavy (non-hydrogen) atoms. The predicted molar refractivity (Wildman–Crippen MR) is 135 cm³/mol. The van der Waals surface area contributed by atoms with Crippen molar-refractivity contribution in [3.05, 3.63) is 59.2 Å². The third-order valence-corrected chi connectivity index (χ3v) is 4.98. The molecule has 1 aliphatic heterocycles. The topological polar surface area (TPSA) is 104 Å². The number of hydrazone groups is 1. The van der Waals surface area contributed by atoms with Crippen LogP contribution in [0.4, 0.5) is 5.69 Å². The van der Waals surface area contributed by atoms with Crippen LogP contribution in [0, 0.1) is 0 Å². The molecule has 2 aromatic carbocycles. The molecular weight excluding hydrogens is 464 g/mol. The molecule has 190 valence electrons. The van der Waals surface area contributed by atoms with Gasteiger partial charge in [0.1, 0.15) is 0 Å². The van der Waals surface area contributed by atoms with Gasteiger partial charge in [-0.3, -0.25) is 4.79 Å². The standard InChI is InChI=1S/C27H30N2O7/c1-6-33-24-15-19(8-13-23(24)35-16-25(30)36-17(3)4)14-22-18(5)28-29(26(22)31)21-11-9-20(10-12-21)27(32)34-7-2/h8-15,17H,6-7,16H2,1-5H3. The van der Waals surface area contributed by atoms with E-state index in [1.165, 1.54) is 5.01 Å². The van der Waals surface area contributed by atoms with Crippen LogP contribution in [0.5, 0.6) is 11.5 Å². The highest BCUT2D eigenvalue weighted by molar-refractivity contribution is 6.32. The van der Waals surface area contributed by atoms with E-state index >= 15 is 0 Å². The van der Waals surface area contributed by atoms with E-state index in [1.807, 2.05) is 6.92 Å². The summed E-state index contributed by atoms with van der Waals surface area (Å²) in [6.45, 7) is 9.28. The van der Waals surface area contributed by atoms with Crippen LogP contribution < -0.4 is 14.5 Å². The lowest BCUT2D eigenvalue weighted by Gasteiger charge is -2.14. The first-order chi connectivity index (χ1) is 17.2. The van der Waals surface area contributed by atoms with Gasteiger partial charge in [-0.25, -0.2) is 9.59 Å². The second-order valence-electron chi connectivity index (χ2n) is 8.09. The van der Waals surface area contributed by atoms with Crippen molar-refractivity contribution in [3.63, 3.8) is 0 Å². The molecule has 3 rings (SSSR count). The van der Waals surface area contributed by atoms with E-state index in [-0.39, 0.29) is 25.2 Å². The summed E-state index contributed by atoms with van der Waals surface area (Å²) in [5.74, 6) is -0.364. The highest BCUT2D eigenvalue weighted by atomic mass is 16.6. The fraction of sp³-hybridized carbons (Fsp3) is 0.333. The van der Waals surface area contributed by atoms with Gasteiger partial charge in [0.2, 0.25) is 0 Å². The van der Waals surface area contributed by atoms with Crippen LogP contribution in [0.1, 0.15) is 50.5 Å². The number of esters is 2. The SMILES string of the molecule is CCOC(=O)c1ccc(N2N=C(C)C(=Cc3ccc(OCC(=O)OC(C)C)c(OCC)c3)C2=O)cc1. The fourth-order valence-electron chi connectivity index (χ4n) is 3.41. The molecule has 1 heterocycles. The Balaban J connectivity index is 1.78. The van der Waals surface area contributed by atoms with Gasteiger partial charge in [0.05, 0.1) is 41.9 Å². The first-order valence-corrected chi connectivity index (χ1v) is 11.7. The molecule has 1 amide bonds. The van der Waals surface area contributed by atoms with Crippen molar-refractivity contribution in [1.29, 1.82) is 0 Å². The van der Waals surface area contributed by atoms with Crippen LogP contribution in [0.15, 0.2) is 53.1 Å². The van der Waals surface area contributed by atoms with E-state index in [0.29, 0.717) is 46.2 Å². The van der Waals surface area contributed by atoms with Crippen molar-refractivity contribution in [1.82, 2.24) is 0 Å². The molecule has 0 aliphatic carbocycles. The largest absolute Gasteiger partial charge is 0.490 e. The molecule has 9 heteroatoms. The summed E-state index contributed by atoms with van der Waals surface area (Å²) in [6.07, 6.45) is 1.48. The monoisotopic (exact) mass is 494 g/mol. The molecule has 0 unspecified atom stereocenters. The highest BCUT2D eigenvalue weighted by Gasteiger charge is 2.29. The maximum Gasteiger partial charge on any atom is 0.344 e. The normalized spacial score (nSPS) is 14.2. The second-order valence-corrected chi connectivity index (χ2v) is 8.09.